The van der Waals surface area contributed by atoms with Crippen molar-refractivity contribution in [2.45, 2.75) is 13.3 Å². The van der Waals surface area contributed by atoms with E-state index < -0.39 is 27.3 Å². The zero-order valence-corrected chi connectivity index (χ0v) is 17.6. The minimum Gasteiger partial charge on any atom is -0.462 e. The highest BCUT2D eigenvalue weighted by molar-refractivity contribution is 5.96. The molecule has 0 atom stereocenters. The molecule has 33 heavy (non-hydrogen) atoms. The molecule has 0 unspecified atom stereocenters. The van der Waals surface area contributed by atoms with Gasteiger partial charge in [0.15, 0.2) is 0 Å². The van der Waals surface area contributed by atoms with Gasteiger partial charge in [0.05, 0.1) is 22.0 Å². The summed E-state index contributed by atoms with van der Waals surface area (Å²) in [4.78, 5) is 58.3. The van der Waals surface area contributed by atoms with E-state index in [1.165, 1.54) is 50.4 Å². The number of benzene rings is 2. The van der Waals surface area contributed by atoms with Crippen LogP contribution in [0.3, 0.4) is 0 Å². The molecular formula is C21H18N4O8. The summed E-state index contributed by atoms with van der Waals surface area (Å²) in [7, 11) is 1.38. The number of nitrogens with zero attached hydrogens (tertiary/aromatic N) is 4. The Morgan fingerprint density at radius 1 is 0.970 bits per heavy atom. The number of non-ortho nitro benzene ring substituents is 2. The van der Waals surface area contributed by atoms with E-state index in [1.54, 1.807) is 0 Å². The summed E-state index contributed by atoms with van der Waals surface area (Å²) in [5.74, 6) is -1.42. The van der Waals surface area contributed by atoms with Crippen LogP contribution in [0.1, 0.15) is 32.0 Å². The second-order valence-electron chi connectivity index (χ2n) is 7.01. The molecule has 0 saturated heterocycles. The van der Waals surface area contributed by atoms with Crippen molar-refractivity contribution in [2.24, 2.45) is 7.05 Å². The first kappa shape index (κ1) is 23.1. The summed E-state index contributed by atoms with van der Waals surface area (Å²) in [5.41, 5.74) is -0.463. The molecular weight excluding hydrogens is 436 g/mol. The van der Waals surface area contributed by atoms with Crippen LogP contribution in [0, 0.1) is 27.2 Å². The highest BCUT2D eigenvalue weighted by Crippen LogP contribution is 2.17. The molecule has 170 valence electrons. The predicted octanol–water partition coefficient (Wildman–Crippen LogP) is 2.40. The maximum Gasteiger partial charge on any atom is 0.338 e. The Morgan fingerprint density at radius 2 is 1.52 bits per heavy atom. The van der Waals surface area contributed by atoms with Gasteiger partial charge in [-0.05, 0) is 19.1 Å². The van der Waals surface area contributed by atoms with Gasteiger partial charge in [0.1, 0.15) is 0 Å². The number of nitro groups is 2. The first-order valence-electron chi connectivity index (χ1n) is 9.60. The molecule has 0 aliphatic carbocycles. The zero-order chi connectivity index (χ0) is 24.3. The monoisotopic (exact) mass is 454 g/mol. The molecule has 12 heteroatoms. The normalized spacial score (nSPS) is 10.6. The van der Waals surface area contributed by atoms with Gasteiger partial charge in [-0.1, -0.05) is 12.1 Å². The lowest BCUT2D eigenvalue weighted by atomic mass is 10.1. The molecule has 0 saturated carbocycles. The number of carbonyl (C=O) groups is 2. The summed E-state index contributed by atoms with van der Waals surface area (Å²) in [6, 6.07) is 10.2. The number of nitro benzene ring substituents is 2. The van der Waals surface area contributed by atoms with Gasteiger partial charge < -0.3 is 4.74 Å². The van der Waals surface area contributed by atoms with Crippen LogP contribution in [0.15, 0.2) is 53.3 Å². The highest BCUT2D eigenvalue weighted by Gasteiger charge is 2.22. The maximum atomic E-state index is 12.9. The molecule has 3 rings (SSSR count). The SMILES string of the molecule is Cc1c(CCOC(=O)c2cccc([N+](=O)[O-])c2)c(=O)n(C)n1C(=O)c1cccc([N+](=O)[O-])c1. The first-order chi connectivity index (χ1) is 15.6. The molecule has 0 spiro atoms. The molecule has 12 nitrogen and oxygen atoms in total. The van der Waals surface area contributed by atoms with Crippen LogP contribution in [-0.2, 0) is 18.2 Å². The Labute approximate surface area is 185 Å². The van der Waals surface area contributed by atoms with E-state index in [0.29, 0.717) is 5.69 Å². The largest absolute Gasteiger partial charge is 0.462 e. The minimum atomic E-state index is -0.791. The van der Waals surface area contributed by atoms with Crippen LogP contribution in [0.4, 0.5) is 11.4 Å². The molecule has 3 aromatic rings. The van der Waals surface area contributed by atoms with Crippen LogP contribution in [0.2, 0.25) is 0 Å². The minimum absolute atomic E-state index is 0.00556. The molecule has 0 aliphatic heterocycles. The van der Waals surface area contributed by atoms with Gasteiger partial charge in [0.2, 0.25) is 0 Å². The van der Waals surface area contributed by atoms with Crippen molar-refractivity contribution in [3.05, 3.63) is 101 Å². The van der Waals surface area contributed by atoms with Crippen molar-refractivity contribution in [3.8, 4) is 0 Å². The number of aromatic nitrogens is 2. The predicted molar refractivity (Wildman–Crippen MR) is 114 cm³/mol. The van der Waals surface area contributed by atoms with E-state index >= 15 is 0 Å². The van der Waals surface area contributed by atoms with Crippen molar-refractivity contribution in [1.29, 1.82) is 0 Å². The molecule has 0 radical (unpaired) electrons. The average Bonchev–Trinajstić information content (AvgIpc) is 3.01. The molecule has 0 amide bonds. The third-order valence-electron chi connectivity index (χ3n) is 4.98. The van der Waals surface area contributed by atoms with Gasteiger partial charge in [-0.15, -0.1) is 0 Å². The summed E-state index contributed by atoms with van der Waals surface area (Å²) in [6.07, 6.45) is -0.00556. The molecule has 0 N–H and O–H groups in total. The van der Waals surface area contributed by atoms with E-state index in [2.05, 4.69) is 0 Å². The number of hydrogen-bond acceptors (Lipinski definition) is 8. The number of esters is 1. The van der Waals surface area contributed by atoms with Gasteiger partial charge in [-0.3, -0.25) is 29.8 Å². The van der Waals surface area contributed by atoms with E-state index in [0.717, 1.165) is 21.5 Å². The van der Waals surface area contributed by atoms with Crippen LogP contribution in [-0.4, -0.2) is 37.7 Å². The Balaban J connectivity index is 1.78. The Kier molecular flexibility index (Phi) is 6.47. The standard InChI is InChI=1S/C21H18N4O8/c1-13-18(9-10-33-21(28)15-6-4-8-17(12-15)25(31)32)20(27)22(2)23(13)19(26)14-5-3-7-16(11-14)24(29)30/h3-8,11-12H,9-10H2,1-2H3. The summed E-state index contributed by atoms with van der Waals surface area (Å²) < 4.78 is 7.31. The summed E-state index contributed by atoms with van der Waals surface area (Å²) in [6.45, 7) is 1.33. The molecule has 1 heterocycles. The van der Waals surface area contributed by atoms with Gasteiger partial charge >= 0.3 is 5.97 Å². The first-order valence-corrected chi connectivity index (χ1v) is 9.60. The second-order valence-corrected chi connectivity index (χ2v) is 7.01. The lowest BCUT2D eigenvalue weighted by Gasteiger charge is -2.09. The molecule has 0 bridgehead atoms. The van der Waals surface area contributed by atoms with Crippen LogP contribution < -0.4 is 5.56 Å². The van der Waals surface area contributed by atoms with E-state index in [-0.39, 0.29) is 41.1 Å². The number of rotatable bonds is 7. The average molecular weight is 454 g/mol. The van der Waals surface area contributed by atoms with Crippen molar-refractivity contribution < 1.29 is 24.2 Å². The fourth-order valence-corrected chi connectivity index (χ4v) is 3.32. The second kappa shape index (κ2) is 9.26. The van der Waals surface area contributed by atoms with Gasteiger partial charge in [-0.2, -0.15) is 0 Å². The van der Waals surface area contributed by atoms with Crippen molar-refractivity contribution >= 4 is 23.3 Å². The van der Waals surface area contributed by atoms with Crippen molar-refractivity contribution in [3.63, 3.8) is 0 Å². The van der Waals surface area contributed by atoms with Crippen LogP contribution >= 0.6 is 0 Å². The smallest absolute Gasteiger partial charge is 0.338 e. The third kappa shape index (κ3) is 4.69. The fourth-order valence-electron chi connectivity index (χ4n) is 3.32. The Morgan fingerprint density at radius 3 is 2.09 bits per heavy atom. The third-order valence-corrected chi connectivity index (χ3v) is 4.98. The summed E-state index contributed by atoms with van der Waals surface area (Å²) in [5, 5.41) is 21.8. The quantitative estimate of drug-likeness (QED) is 0.299. The van der Waals surface area contributed by atoms with Crippen molar-refractivity contribution in [2.75, 3.05) is 6.61 Å². The number of ether oxygens (including phenoxy) is 1. The Bertz CT molecular complexity index is 1340. The fraction of sp³-hybridized carbons (Fsp3) is 0.190. The van der Waals surface area contributed by atoms with Crippen LogP contribution in [0.5, 0.6) is 0 Å². The summed E-state index contributed by atoms with van der Waals surface area (Å²) >= 11 is 0. The Hall–Kier alpha value is -4.61. The topological polar surface area (TPSA) is 157 Å². The molecule has 2 aromatic carbocycles. The highest BCUT2D eigenvalue weighted by atomic mass is 16.6. The molecule has 0 aliphatic rings. The van der Waals surface area contributed by atoms with E-state index in [1.807, 2.05) is 0 Å². The van der Waals surface area contributed by atoms with Gasteiger partial charge in [0.25, 0.3) is 22.8 Å². The molecule has 1 aromatic heterocycles. The lowest BCUT2D eigenvalue weighted by molar-refractivity contribution is -0.385. The van der Waals surface area contributed by atoms with Gasteiger partial charge in [-0.25, -0.2) is 14.2 Å². The van der Waals surface area contributed by atoms with Gasteiger partial charge in [0, 0.05) is 54.6 Å². The number of carbonyl (C=O) groups excluding carboxylic acids is 2. The van der Waals surface area contributed by atoms with Crippen LogP contribution in [0.25, 0.3) is 0 Å². The van der Waals surface area contributed by atoms with E-state index in [4.69, 9.17) is 4.74 Å². The molecule has 0 fully saturated rings. The number of hydrogen-bond donors (Lipinski definition) is 0. The lowest BCUT2D eigenvalue weighted by Crippen LogP contribution is -2.26. The van der Waals surface area contributed by atoms with Crippen molar-refractivity contribution in [1.82, 2.24) is 9.36 Å². The maximum absolute atomic E-state index is 12.9. The zero-order valence-electron chi connectivity index (χ0n) is 17.6. The van der Waals surface area contributed by atoms with E-state index in [9.17, 15) is 34.6 Å².